The van der Waals surface area contributed by atoms with Gasteiger partial charge in [0.15, 0.2) is 0 Å². The lowest BCUT2D eigenvalue weighted by molar-refractivity contribution is 0.0697. The van der Waals surface area contributed by atoms with E-state index >= 15 is 0 Å². The molecule has 1 N–H and O–H groups in total. The molecule has 1 aromatic rings. The van der Waals surface area contributed by atoms with Gasteiger partial charge in [0.1, 0.15) is 0 Å². The fourth-order valence-electron chi connectivity index (χ4n) is 1.85. The van der Waals surface area contributed by atoms with Crippen LogP contribution in [0.25, 0.3) is 0 Å². The molecule has 0 spiro atoms. The Kier molecular flexibility index (Phi) is 2.93. The number of carboxylic acid groups (broad SMARTS) is 1. The number of anilines is 1. The molecule has 1 unspecified atom stereocenters. The van der Waals surface area contributed by atoms with Crippen molar-refractivity contribution in [2.75, 3.05) is 10.8 Å². The largest absolute Gasteiger partial charge is 0.755 e. The number of aryl methyl sites for hydroxylation is 1. The monoisotopic (exact) mass is 240 g/mol. The summed E-state index contributed by atoms with van der Waals surface area (Å²) in [5.41, 5.74) is 1.55. The quantitative estimate of drug-likeness (QED) is 0.780. The van der Waals surface area contributed by atoms with Crippen molar-refractivity contribution in [3.05, 3.63) is 29.3 Å². The molecular weight excluding hydrogens is 230 g/mol. The van der Waals surface area contributed by atoms with E-state index in [1.54, 1.807) is 6.07 Å². The van der Waals surface area contributed by atoms with Crippen molar-refractivity contribution in [3.8, 4) is 0 Å². The summed E-state index contributed by atoms with van der Waals surface area (Å²) in [5.74, 6) is -0.997. The standard InChI is InChI=1S/C10H11NO4S/c12-10(13)8-3-4-9-7(6-8)2-1-5-11(9)16(14)15/h3-4,6H,1-2,5H2,(H,12,13)(H,14,15)/p-1. The predicted molar refractivity (Wildman–Crippen MR) is 58.0 cm³/mol. The van der Waals surface area contributed by atoms with Crippen LogP contribution >= 0.6 is 0 Å². The van der Waals surface area contributed by atoms with E-state index in [2.05, 4.69) is 0 Å². The summed E-state index contributed by atoms with van der Waals surface area (Å²) in [6, 6.07) is 4.51. The van der Waals surface area contributed by atoms with E-state index in [4.69, 9.17) is 5.11 Å². The molecule has 6 heteroatoms. The molecule has 1 aliphatic heterocycles. The van der Waals surface area contributed by atoms with Gasteiger partial charge in [-0.25, -0.2) is 4.79 Å². The molecule has 86 valence electrons. The third-order valence-corrected chi connectivity index (χ3v) is 3.32. The number of benzene rings is 1. The third kappa shape index (κ3) is 1.94. The maximum Gasteiger partial charge on any atom is 0.335 e. The Bertz CT molecular complexity index is 460. The molecule has 0 saturated carbocycles. The molecule has 0 aliphatic carbocycles. The van der Waals surface area contributed by atoms with Gasteiger partial charge in [-0.15, -0.1) is 0 Å². The summed E-state index contributed by atoms with van der Waals surface area (Å²) >= 11 is -2.29. The second-order valence-corrected chi connectivity index (χ2v) is 4.45. The molecule has 1 aliphatic rings. The summed E-state index contributed by atoms with van der Waals surface area (Å²) < 4.78 is 23.1. The fraction of sp³-hybridized carbons (Fsp3) is 0.300. The number of fused-ring (bicyclic) bond motifs is 1. The highest BCUT2D eigenvalue weighted by Gasteiger charge is 2.18. The average molecular weight is 240 g/mol. The maximum absolute atomic E-state index is 10.9. The number of rotatable bonds is 2. The van der Waals surface area contributed by atoms with Crippen molar-refractivity contribution < 1.29 is 18.7 Å². The fourth-order valence-corrected chi connectivity index (χ4v) is 2.47. The zero-order valence-electron chi connectivity index (χ0n) is 8.38. The van der Waals surface area contributed by atoms with Gasteiger partial charge in [-0.2, -0.15) is 0 Å². The number of carboxylic acids is 1. The highest BCUT2D eigenvalue weighted by atomic mass is 32.2. The first-order valence-electron chi connectivity index (χ1n) is 4.83. The number of hydrogen-bond acceptors (Lipinski definition) is 3. The first-order chi connectivity index (χ1) is 7.59. The zero-order valence-corrected chi connectivity index (χ0v) is 9.20. The summed E-state index contributed by atoms with van der Waals surface area (Å²) in [6.07, 6.45) is 1.42. The van der Waals surface area contributed by atoms with Crippen LogP contribution < -0.4 is 4.31 Å². The molecule has 2 rings (SSSR count). The van der Waals surface area contributed by atoms with Crippen LogP contribution in [-0.4, -0.2) is 26.4 Å². The second kappa shape index (κ2) is 4.23. The molecule has 0 radical (unpaired) electrons. The van der Waals surface area contributed by atoms with Crippen LogP contribution in [0.15, 0.2) is 18.2 Å². The van der Waals surface area contributed by atoms with Gasteiger partial charge in [0, 0.05) is 17.8 Å². The molecule has 5 nitrogen and oxygen atoms in total. The van der Waals surface area contributed by atoms with Gasteiger partial charge in [0.05, 0.1) is 11.3 Å². The van der Waals surface area contributed by atoms with Crippen LogP contribution in [0.4, 0.5) is 5.69 Å². The minimum absolute atomic E-state index is 0.192. The smallest absolute Gasteiger partial charge is 0.335 e. The van der Waals surface area contributed by atoms with Gasteiger partial charge in [-0.05, 0) is 36.6 Å². The van der Waals surface area contributed by atoms with Crippen LogP contribution in [0.1, 0.15) is 22.3 Å². The molecular formula is C10H10NO4S-. The molecule has 1 aromatic carbocycles. The zero-order chi connectivity index (χ0) is 11.7. The Balaban J connectivity index is 2.44. The first kappa shape index (κ1) is 11.1. The molecule has 0 fully saturated rings. The Hall–Kier alpha value is -1.40. The van der Waals surface area contributed by atoms with E-state index in [0.29, 0.717) is 25.1 Å². The molecule has 0 amide bonds. The van der Waals surface area contributed by atoms with Crippen molar-refractivity contribution in [2.45, 2.75) is 12.8 Å². The lowest BCUT2D eigenvalue weighted by Crippen LogP contribution is -2.31. The molecule has 1 atom stereocenters. The Morgan fingerprint density at radius 1 is 1.50 bits per heavy atom. The van der Waals surface area contributed by atoms with E-state index in [1.165, 1.54) is 16.4 Å². The highest BCUT2D eigenvalue weighted by molar-refractivity contribution is 7.80. The third-order valence-electron chi connectivity index (χ3n) is 2.58. The summed E-state index contributed by atoms with van der Waals surface area (Å²) in [7, 11) is 0. The van der Waals surface area contributed by atoms with Crippen LogP contribution in [0.3, 0.4) is 0 Å². The number of carbonyl (C=O) groups is 1. The molecule has 0 aromatic heterocycles. The molecule has 16 heavy (non-hydrogen) atoms. The van der Waals surface area contributed by atoms with E-state index < -0.39 is 17.2 Å². The van der Waals surface area contributed by atoms with Gasteiger partial charge in [-0.3, -0.25) is 4.21 Å². The second-order valence-electron chi connectivity index (χ2n) is 3.57. The first-order valence-corrected chi connectivity index (χ1v) is 5.86. The van der Waals surface area contributed by atoms with Crippen molar-refractivity contribution in [1.82, 2.24) is 0 Å². The molecule has 0 bridgehead atoms. The van der Waals surface area contributed by atoms with Crippen LogP contribution in [0, 0.1) is 0 Å². The van der Waals surface area contributed by atoms with Gasteiger partial charge in [-0.1, -0.05) is 0 Å². The topological polar surface area (TPSA) is 80.7 Å². The number of aromatic carboxylic acids is 1. The van der Waals surface area contributed by atoms with E-state index in [0.717, 1.165) is 5.56 Å². The van der Waals surface area contributed by atoms with Crippen molar-refractivity contribution in [3.63, 3.8) is 0 Å². The Morgan fingerprint density at radius 3 is 2.88 bits per heavy atom. The van der Waals surface area contributed by atoms with E-state index in [9.17, 15) is 13.6 Å². The average Bonchev–Trinajstić information content (AvgIpc) is 2.27. The van der Waals surface area contributed by atoms with Crippen molar-refractivity contribution in [2.24, 2.45) is 0 Å². The number of hydrogen-bond donors (Lipinski definition) is 1. The lowest BCUT2D eigenvalue weighted by atomic mass is 10.0. The van der Waals surface area contributed by atoms with Crippen LogP contribution in [0.2, 0.25) is 0 Å². The molecule has 0 saturated heterocycles. The van der Waals surface area contributed by atoms with E-state index in [-0.39, 0.29) is 5.56 Å². The minimum Gasteiger partial charge on any atom is -0.755 e. The maximum atomic E-state index is 10.9. The SMILES string of the molecule is O=C(O)c1ccc2c(c1)CCCN2S(=O)[O-]. The summed E-state index contributed by atoms with van der Waals surface area (Å²) in [5, 5.41) is 8.83. The highest BCUT2D eigenvalue weighted by Crippen LogP contribution is 2.28. The summed E-state index contributed by atoms with van der Waals surface area (Å²) in [6.45, 7) is 0.454. The van der Waals surface area contributed by atoms with Crippen LogP contribution in [-0.2, 0) is 17.7 Å². The van der Waals surface area contributed by atoms with Gasteiger partial charge in [0.25, 0.3) is 0 Å². The molecule has 1 heterocycles. The summed E-state index contributed by atoms with van der Waals surface area (Å²) in [4.78, 5) is 10.8. The Morgan fingerprint density at radius 2 is 2.25 bits per heavy atom. The van der Waals surface area contributed by atoms with Crippen molar-refractivity contribution >= 4 is 22.9 Å². The van der Waals surface area contributed by atoms with Gasteiger partial charge < -0.3 is 14.0 Å². The van der Waals surface area contributed by atoms with Crippen LogP contribution in [0.5, 0.6) is 0 Å². The van der Waals surface area contributed by atoms with E-state index in [1.807, 2.05) is 0 Å². The van der Waals surface area contributed by atoms with Gasteiger partial charge in [0.2, 0.25) is 0 Å². The Labute approximate surface area is 95.1 Å². The predicted octanol–water partition coefficient (Wildman–Crippen LogP) is 0.931. The van der Waals surface area contributed by atoms with Crippen molar-refractivity contribution in [1.29, 1.82) is 0 Å². The normalized spacial score (nSPS) is 16.7. The van der Waals surface area contributed by atoms with Gasteiger partial charge >= 0.3 is 5.97 Å². The number of nitrogens with zero attached hydrogens (tertiary/aromatic N) is 1. The lowest BCUT2D eigenvalue weighted by Gasteiger charge is -2.32. The minimum atomic E-state index is -2.29.